The van der Waals surface area contributed by atoms with E-state index < -0.39 is 0 Å². The van der Waals surface area contributed by atoms with E-state index in [-0.39, 0.29) is 11.9 Å². The zero-order chi connectivity index (χ0) is 12.1. The minimum Gasteiger partial charge on any atom is -0.492 e. The molecular weight excluding hydrogens is 217 g/mol. The summed E-state index contributed by atoms with van der Waals surface area (Å²) in [5.74, 6) is 0.483. The standard InChI is InChI=1S/C14H14FNO/c15-12-6-4-5-11(9-12)14(16)10-17-13-7-2-1-3-8-13/h1-9,14H,10,16H2. The number of ether oxygens (including phenoxy) is 1. The molecule has 0 spiro atoms. The summed E-state index contributed by atoms with van der Waals surface area (Å²) in [5, 5.41) is 0. The smallest absolute Gasteiger partial charge is 0.123 e. The fourth-order valence-corrected chi connectivity index (χ4v) is 1.54. The quantitative estimate of drug-likeness (QED) is 0.878. The van der Waals surface area contributed by atoms with E-state index >= 15 is 0 Å². The van der Waals surface area contributed by atoms with E-state index in [1.807, 2.05) is 30.3 Å². The van der Waals surface area contributed by atoms with Crippen molar-refractivity contribution in [2.45, 2.75) is 6.04 Å². The number of rotatable bonds is 4. The maximum Gasteiger partial charge on any atom is 0.123 e. The van der Waals surface area contributed by atoms with Crippen molar-refractivity contribution >= 4 is 0 Å². The zero-order valence-electron chi connectivity index (χ0n) is 9.34. The SMILES string of the molecule is NC(COc1ccccc1)c1cccc(F)c1. The first-order valence-electron chi connectivity index (χ1n) is 5.44. The Morgan fingerprint density at radius 1 is 1.06 bits per heavy atom. The summed E-state index contributed by atoms with van der Waals surface area (Å²) in [6.07, 6.45) is 0. The Labute approximate surface area is 99.8 Å². The van der Waals surface area contributed by atoms with Gasteiger partial charge in [-0.3, -0.25) is 0 Å². The van der Waals surface area contributed by atoms with E-state index in [0.717, 1.165) is 11.3 Å². The van der Waals surface area contributed by atoms with Crippen LogP contribution in [0, 0.1) is 5.82 Å². The molecule has 2 nitrogen and oxygen atoms in total. The first-order chi connectivity index (χ1) is 8.25. The number of hydrogen-bond acceptors (Lipinski definition) is 2. The molecule has 3 heteroatoms. The van der Waals surface area contributed by atoms with Crippen LogP contribution in [0.2, 0.25) is 0 Å². The van der Waals surface area contributed by atoms with Crippen LogP contribution in [0.5, 0.6) is 5.75 Å². The van der Waals surface area contributed by atoms with Crippen molar-refractivity contribution in [3.63, 3.8) is 0 Å². The molecule has 0 amide bonds. The number of halogens is 1. The normalized spacial score (nSPS) is 12.1. The van der Waals surface area contributed by atoms with Crippen LogP contribution in [0.25, 0.3) is 0 Å². The Morgan fingerprint density at radius 3 is 2.53 bits per heavy atom. The molecule has 0 aliphatic rings. The molecule has 0 heterocycles. The first kappa shape index (κ1) is 11.6. The third-order valence-electron chi connectivity index (χ3n) is 2.45. The van der Waals surface area contributed by atoms with E-state index in [1.54, 1.807) is 12.1 Å². The number of para-hydroxylation sites is 1. The van der Waals surface area contributed by atoms with Gasteiger partial charge in [-0.05, 0) is 29.8 Å². The summed E-state index contributed by atoms with van der Waals surface area (Å²) < 4.78 is 18.5. The van der Waals surface area contributed by atoms with Gasteiger partial charge in [0.05, 0.1) is 6.04 Å². The van der Waals surface area contributed by atoms with Gasteiger partial charge in [0, 0.05) is 0 Å². The molecule has 0 aliphatic carbocycles. The monoisotopic (exact) mass is 231 g/mol. The summed E-state index contributed by atoms with van der Waals surface area (Å²) in [7, 11) is 0. The Kier molecular flexibility index (Phi) is 3.73. The van der Waals surface area contributed by atoms with Gasteiger partial charge in [0.25, 0.3) is 0 Å². The van der Waals surface area contributed by atoms with Gasteiger partial charge in [-0.1, -0.05) is 30.3 Å². The second-order valence-electron chi connectivity index (χ2n) is 3.79. The van der Waals surface area contributed by atoms with E-state index in [4.69, 9.17) is 10.5 Å². The average molecular weight is 231 g/mol. The molecular formula is C14H14FNO. The molecule has 17 heavy (non-hydrogen) atoms. The van der Waals surface area contributed by atoms with Crippen molar-refractivity contribution in [3.05, 3.63) is 66.0 Å². The fourth-order valence-electron chi connectivity index (χ4n) is 1.54. The highest BCUT2D eigenvalue weighted by atomic mass is 19.1. The maximum atomic E-state index is 13.0. The molecule has 2 rings (SSSR count). The van der Waals surface area contributed by atoms with Gasteiger partial charge in [0.15, 0.2) is 0 Å². The highest BCUT2D eigenvalue weighted by Crippen LogP contribution is 2.15. The van der Waals surface area contributed by atoms with Crippen molar-refractivity contribution in [3.8, 4) is 5.75 Å². The second kappa shape index (κ2) is 5.46. The van der Waals surface area contributed by atoms with Crippen LogP contribution in [0.1, 0.15) is 11.6 Å². The van der Waals surface area contributed by atoms with Gasteiger partial charge in [0.1, 0.15) is 18.2 Å². The van der Waals surface area contributed by atoms with Gasteiger partial charge in [0.2, 0.25) is 0 Å². The van der Waals surface area contributed by atoms with Gasteiger partial charge in [-0.2, -0.15) is 0 Å². The fraction of sp³-hybridized carbons (Fsp3) is 0.143. The van der Waals surface area contributed by atoms with Crippen molar-refractivity contribution in [2.75, 3.05) is 6.61 Å². The maximum absolute atomic E-state index is 13.0. The Morgan fingerprint density at radius 2 is 1.82 bits per heavy atom. The largest absolute Gasteiger partial charge is 0.492 e. The molecule has 1 atom stereocenters. The van der Waals surface area contributed by atoms with Gasteiger partial charge >= 0.3 is 0 Å². The Bertz CT molecular complexity index is 473. The molecule has 0 fully saturated rings. The average Bonchev–Trinajstić information content (AvgIpc) is 2.37. The van der Waals surface area contributed by atoms with Crippen LogP contribution in [-0.2, 0) is 0 Å². The number of nitrogens with two attached hydrogens (primary N) is 1. The highest BCUT2D eigenvalue weighted by Gasteiger charge is 2.07. The molecule has 1 unspecified atom stereocenters. The predicted octanol–water partition coefficient (Wildman–Crippen LogP) is 2.90. The molecule has 2 aromatic rings. The van der Waals surface area contributed by atoms with Crippen LogP contribution in [0.15, 0.2) is 54.6 Å². The zero-order valence-corrected chi connectivity index (χ0v) is 9.34. The predicted molar refractivity (Wildman–Crippen MR) is 65.3 cm³/mol. The number of hydrogen-bond donors (Lipinski definition) is 1. The minimum absolute atomic E-state index is 0.280. The summed E-state index contributed by atoms with van der Waals surface area (Å²) in [6, 6.07) is 15.4. The van der Waals surface area contributed by atoms with Crippen molar-refractivity contribution in [1.29, 1.82) is 0 Å². The summed E-state index contributed by atoms with van der Waals surface area (Å²) in [4.78, 5) is 0. The minimum atomic E-state index is -0.328. The third kappa shape index (κ3) is 3.29. The molecule has 0 saturated heterocycles. The van der Waals surface area contributed by atoms with Crippen LogP contribution >= 0.6 is 0 Å². The molecule has 2 N–H and O–H groups in total. The lowest BCUT2D eigenvalue weighted by Gasteiger charge is -2.13. The molecule has 0 aromatic heterocycles. The van der Waals surface area contributed by atoms with E-state index in [0.29, 0.717) is 6.61 Å². The van der Waals surface area contributed by atoms with E-state index in [9.17, 15) is 4.39 Å². The van der Waals surface area contributed by atoms with Gasteiger partial charge in [-0.25, -0.2) is 4.39 Å². The lowest BCUT2D eigenvalue weighted by molar-refractivity contribution is 0.290. The van der Waals surface area contributed by atoms with Crippen molar-refractivity contribution < 1.29 is 9.13 Å². The first-order valence-corrected chi connectivity index (χ1v) is 5.44. The molecule has 0 bridgehead atoms. The highest BCUT2D eigenvalue weighted by molar-refractivity contribution is 5.23. The molecule has 88 valence electrons. The molecule has 0 aliphatic heterocycles. The lowest BCUT2D eigenvalue weighted by atomic mass is 10.1. The number of benzene rings is 2. The molecule has 0 saturated carbocycles. The van der Waals surface area contributed by atoms with Crippen molar-refractivity contribution in [2.24, 2.45) is 5.73 Å². The van der Waals surface area contributed by atoms with Crippen molar-refractivity contribution in [1.82, 2.24) is 0 Å². The van der Waals surface area contributed by atoms with Crippen LogP contribution < -0.4 is 10.5 Å². The summed E-state index contributed by atoms with van der Waals surface area (Å²) in [6.45, 7) is 0.327. The third-order valence-corrected chi connectivity index (χ3v) is 2.45. The topological polar surface area (TPSA) is 35.2 Å². The van der Waals surface area contributed by atoms with Crippen LogP contribution in [0.4, 0.5) is 4.39 Å². The molecule has 0 radical (unpaired) electrons. The Hall–Kier alpha value is -1.87. The molecule has 2 aromatic carbocycles. The van der Waals surface area contributed by atoms with Crippen LogP contribution in [-0.4, -0.2) is 6.61 Å². The second-order valence-corrected chi connectivity index (χ2v) is 3.79. The van der Waals surface area contributed by atoms with Gasteiger partial charge < -0.3 is 10.5 Å². The van der Waals surface area contributed by atoms with Gasteiger partial charge in [-0.15, -0.1) is 0 Å². The summed E-state index contributed by atoms with van der Waals surface area (Å²) >= 11 is 0. The Balaban J connectivity index is 1.96. The summed E-state index contributed by atoms with van der Waals surface area (Å²) in [5.41, 5.74) is 6.66. The van der Waals surface area contributed by atoms with Crippen LogP contribution in [0.3, 0.4) is 0 Å². The lowest BCUT2D eigenvalue weighted by Crippen LogP contribution is -2.19. The van der Waals surface area contributed by atoms with E-state index in [1.165, 1.54) is 12.1 Å². The van der Waals surface area contributed by atoms with E-state index in [2.05, 4.69) is 0 Å².